The first-order valence-corrected chi connectivity index (χ1v) is 7.71. The highest BCUT2D eigenvalue weighted by molar-refractivity contribution is 9.10. The topological polar surface area (TPSA) is 38.5 Å². The number of piperidine rings is 1. The number of methoxy groups -OCH3 is 1. The lowest BCUT2D eigenvalue weighted by Gasteiger charge is -2.37. The van der Waals surface area contributed by atoms with Gasteiger partial charge < -0.3 is 15.4 Å². The van der Waals surface area contributed by atoms with E-state index in [0.29, 0.717) is 18.6 Å². The second-order valence-electron chi connectivity index (χ2n) is 5.30. The van der Waals surface area contributed by atoms with E-state index in [1.54, 1.807) is 0 Å². The first kappa shape index (κ1) is 14.8. The Morgan fingerprint density at radius 3 is 2.89 bits per heavy atom. The Morgan fingerprint density at radius 1 is 1.47 bits per heavy atom. The number of hydrogen-bond donors (Lipinski definition) is 1. The maximum Gasteiger partial charge on any atom is 0.0772 e. The molecule has 0 aromatic heterocycles. The Balaban J connectivity index is 2.11. The summed E-state index contributed by atoms with van der Waals surface area (Å²) in [6.07, 6.45) is 2.43. The van der Waals surface area contributed by atoms with Gasteiger partial charge in [0.1, 0.15) is 0 Å². The second kappa shape index (κ2) is 6.73. The highest BCUT2D eigenvalue weighted by atomic mass is 79.9. The quantitative estimate of drug-likeness (QED) is 0.924. The third kappa shape index (κ3) is 3.50. The average Bonchev–Trinajstić information content (AvgIpc) is 2.42. The standard InChI is InChI=1S/C15H23BrN2O/c1-11-6-8-18(10-15(11)19-2)13-4-3-12(5-7-17)14(16)9-13/h3-4,9,11,15H,5-8,10,17H2,1-2H3. The minimum Gasteiger partial charge on any atom is -0.379 e. The lowest BCUT2D eigenvalue weighted by atomic mass is 9.95. The van der Waals surface area contributed by atoms with Crippen molar-refractivity contribution in [2.24, 2.45) is 11.7 Å². The van der Waals surface area contributed by atoms with Gasteiger partial charge in [-0.25, -0.2) is 0 Å². The van der Waals surface area contributed by atoms with Gasteiger partial charge in [0.05, 0.1) is 6.10 Å². The number of ether oxygens (including phenoxy) is 1. The zero-order valence-electron chi connectivity index (χ0n) is 11.7. The van der Waals surface area contributed by atoms with E-state index in [9.17, 15) is 0 Å². The average molecular weight is 327 g/mol. The molecule has 1 aliphatic heterocycles. The van der Waals surface area contributed by atoms with Crippen LogP contribution in [-0.4, -0.2) is 32.8 Å². The van der Waals surface area contributed by atoms with E-state index in [0.717, 1.165) is 24.0 Å². The Kier molecular flexibility index (Phi) is 5.25. The molecule has 2 rings (SSSR count). The monoisotopic (exact) mass is 326 g/mol. The van der Waals surface area contributed by atoms with Crippen molar-refractivity contribution < 1.29 is 4.74 Å². The molecule has 3 nitrogen and oxygen atoms in total. The second-order valence-corrected chi connectivity index (χ2v) is 6.15. The molecule has 0 bridgehead atoms. The van der Waals surface area contributed by atoms with E-state index < -0.39 is 0 Å². The van der Waals surface area contributed by atoms with E-state index >= 15 is 0 Å². The molecule has 0 spiro atoms. The van der Waals surface area contributed by atoms with E-state index in [2.05, 4.69) is 46.0 Å². The van der Waals surface area contributed by atoms with Gasteiger partial charge in [0.25, 0.3) is 0 Å². The molecular formula is C15H23BrN2O. The lowest BCUT2D eigenvalue weighted by molar-refractivity contribution is 0.0498. The number of benzene rings is 1. The van der Waals surface area contributed by atoms with Gasteiger partial charge in [-0.15, -0.1) is 0 Å². The van der Waals surface area contributed by atoms with Crippen LogP contribution in [0.2, 0.25) is 0 Å². The summed E-state index contributed by atoms with van der Waals surface area (Å²) in [5.41, 5.74) is 8.16. The molecule has 1 aromatic carbocycles. The summed E-state index contributed by atoms with van der Waals surface area (Å²) in [4.78, 5) is 2.41. The van der Waals surface area contributed by atoms with Gasteiger partial charge in [-0.05, 0) is 43.0 Å². The molecule has 4 heteroatoms. The van der Waals surface area contributed by atoms with E-state index in [1.165, 1.54) is 17.7 Å². The molecule has 2 N–H and O–H groups in total. The van der Waals surface area contributed by atoms with E-state index in [4.69, 9.17) is 10.5 Å². The summed E-state index contributed by atoms with van der Waals surface area (Å²) >= 11 is 3.65. The fraction of sp³-hybridized carbons (Fsp3) is 0.600. The van der Waals surface area contributed by atoms with Crippen molar-refractivity contribution in [3.05, 3.63) is 28.2 Å². The number of hydrogen-bond acceptors (Lipinski definition) is 3. The zero-order chi connectivity index (χ0) is 13.8. The molecule has 2 atom stereocenters. The van der Waals surface area contributed by atoms with Gasteiger partial charge in [0.15, 0.2) is 0 Å². The third-order valence-corrected chi connectivity index (χ3v) is 4.75. The van der Waals surface area contributed by atoms with Gasteiger partial charge in [0.2, 0.25) is 0 Å². The maximum atomic E-state index is 5.61. The number of nitrogens with two attached hydrogens (primary N) is 1. The van der Waals surface area contributed by atoms with Crippen molar-refractivity contribution in [1.29, 1.82) is 0 Å². The van der Waals surface area contributed by atoms with Crippen LogP contribution in [0, 0.1) is 5.92 Å². The number of rotatable bonds is 4. The molecule has 19 heavy (non-hydrogen) atoms. The molecular weight excluding hydrogens is 304 g/mol. The fourth-order valence-electron chi connectivity index (χ4n) is 2.67. The Morgan fingerprint density at radius 2 is 2.26 bits per heavy atom. The Bertz CT molecular complexity index is 425. The molecule has 1 heterocycles. The Hall–Kier alpha value is -0.580. The molecule has 1 fully saturated rings. The zero-order valence-corrected chi connectivity index (χ0v) is 13.3. The summed E-state index contributed by atoms with van der Waals surface area (Å²) in [5.74, 6) is 0.640. The molecule has 106 valence electrons. The van der Waals surface area contributed by atoms with Gasteiger partial charge in [-0.3, -0.25) is 0 Å². The molecule has 0 amide bonds. The van der Waals surface area contributed by atoms with E-state index in [1.807, 2.05) is 7.11 Å². The van der Waals surface area contributed by atoms with Crippen LogP contribution in [0.3, 0.4) is 0 Å². The van der Waals surface area contributed by atoms with Crippen LogP contribution in [-0.2, 0) is 11.2 Å². The molecule has 2 unspecified atom stereocenters. The molecule has 0 saturated carbocycles. The van der Waals surface area contributed by atoms with Crippen LogP contribution >= 0.6 is 15.9 Å². The number of halogens is 1. The molecule has 1 aromatic rings. The minimum absolute atomic E-state index is 0.330. The van der Waals surface area contributed by atoms with Crippen LogP contribution in [0.1, 0.15) is 18.9 Å². The van der Waals surface area contributed by atoms with Crippen LogP contribution in [0.25, 0.3) is 0 Å². The Labute approximate surface area is 124 Å². The smallest absolute Gasteiger partial charge is 0.0772 e. The summed E-state index contributed by atoms with van der Waals surface area (Å²) in [6, 6.07) is 6.57. The SMILES string of the molecule is COC1CN(c2ccc(CCN)c(Br)c2)CCC1C. The van der Waals surface area contributed by atoms with Crippen LogP contribution < -0.4 is 10.6 Å². The third-order valence-electron chi connectivity index (χ3n) is 4.01. The van der Waals surface area contributed by atoms with Crippen molar-refractivity contribution in [2.75, 3.05) is 31.6 Å². The predicted molar refractivity (Wildman–Crippen MR) is 83.7 cm³/mol. The molecule has 1 saturated heterocycles. The normalized spacial score (nSPS) is 23.7. The number of nitrogens with zero attached hydrogens (tertiary/aromatic N) is 1. The van der Waals surface area contributed by atoms with E-state index in [-0.39, 0.29) is 0 Å². The highest BCUT2D eigenvalue weighted by Gasteiger charge is 2.26. The van der Waals surface area contributed by atoms with Gasteiger partial charge in [-0.2, -0.15) is 0 Å². The summed E-state index contributed by atoms with van der Waals surface area (Å²) in [6.45, 7) is 5.03. The maximum absolute atomic E-state index is 5.61. The van der Waals surface area contributed by atoms with Crippen molar-refractivity contribution in [2.45, 2.75) is 25.9 Å². The molecule has 0 radical (unpaired) electrons. The predicted octanol–water partition coefficient (Wildman–Crippen LogP) is 2.81. The summed E-state index contributed by atoms with van der Waals surface area (Å²) in [7, 11) is 1.81. The van der Waals surface area contributed by atoms with Crippen LogP contribution in [0.15, 0.2) is 22.7 Å². The van der Waals surface area contributed by atoms with Gasteiger partial charge >= 0.3 is 0 Å². The largest absolute Gasteiger partial charge is 0.379 e. The van der Waals surface area contributed by atoms with Crippen LogP contribution in [0.4, 0.5) is 5.69 Å². The minimum atomic E-state index is 0.330. The first-order valence-electron chi connectivity index (χ1n) is 6.92. The van der Waals surface area contributed by atoms with Gasteiger partial charge in [0, 0.05) is 30.4 Å². The lowest BCUT2D eigenvalue weighted by Crippen LogP contribution is -2.43. The van der Waals surface area contributed by atoms with Crippen molar-refractivity contribution in [3.63, 3.8) is 0 Å². The van der Waals surface area contributed by atoms with Gasteiger partial charge in [-0.1, -0.05) is 28.9 Å². The summed E-state index contributed by atoms with van der Waals surface area (Å²) < 4.78 is 6.73. The summed E-state index contributed by atoms with van der Waals surface area (Å²) in [5, 5.41) is 0. The molecule has 1 aliphatic rings. The van der Waals surface area contributed by atoms with Crippen molar-refractivity contribution >= 4 is 21.6 Å². The van der Waals surface area contributed by atoms with Crippen molar-refractivity contribution in [1.82, 2.24) is 0 Å². The van der Waals surface area contributed by atoms with Crippen molar-refractivity contribution in [3.8, 4) is 0 Å². The first-order chi connectivity index (χ1) is 9.15. The number of anilines is 1. The van der Waals surface area contributed by atoms with Crippen LogP contribution in [0.5, 0.6) is 0 Å². The fourth-order valence-corrected chi connectivity index (χ4v) is 3.23. The molecule has 0 aliphatic carbocycles. The highest BCUT2D eigenvalue weighted by Crippen LogP contribution is 2.28.